The second-order valence-electron chi connectivity index (χ2n) is 13.9. The Morgan fingerprint density at radius 1 is 1.02 bits per heavy atom. The predicted molar refractivity (Wildman–Crippen MR) is 148 cm³/mol. The summed E-state index contributed by atoms with van der Waals surface area (Å²) >= 11 is 0. The first-order chi connectivity index (χ1) is 19.5. The lowest BCUT2D eigenvalue weighted by Crippen LogP contribution is -2.65. The van der Waals surface area contributed by atoms with Crippen molar-refractivity contribution < 1.29 is 43.8 Å². The van der Waals surface area contributed by atoms with Gasteiger partial charge in [-0.2, -0.15) is 0 Å². The average Bonchev–Trinajstić information content (AvgIpc) is 3.14. The highest BCUT2D eigenvalue weighted by Gasteiger charge is 2.71. The molecule has 0 aromatic heterocycles. The van der Waals surface area contributed by atoms with Gasteiger partial charge in [0.05, 0.1) is 31.3 Å². The average molecular weight is 577 g/mol. The number of hydrogen-bond acceptors (Lipinski definition) is 9. The third-order valence-corrected chi connectivity index (χ3v) is 12.3. The summed E-state index contributed by atoms with van der Waals surface area (Å²) in [5.74, 6) is 0.996. The van der Waals surface area contributed by atoms with Crippen molar-refractivity contribution in [1.29, 1.82) is 0 Å². The molecule has 5 fully saturated rings. The first kappa shape index (κ1) is 29.7. The zero-order chi connectivity index (χ0) is 29.3. The van der Waals surface area contributed by atoms with Crippen LogP contribution < -0.4 is 0 Å². The molecule has 6 aliphatic rings. The van der Waals surface area contributed by atoms with E-state index in [1.54, 1.807) is 14.0 Å². The minimum Gasteiger partial charge on any atom is -0.469 e. The molecule has 3 N–H and O–H groups in total. The minimum absolute atomic E-state index is 0.000403. The third-order valence-electron chi connectivity index (χ3n) is 12.3. The standard InChI is InChI=1S/C32H48O9/c1-17-25(34)26(35)27(36)29(39-17)40-19-10-13-30(2)18(16-19)6-8-23-22(30)11-14-31(3)21-12-15-32(23,31)41-28(38-5)20(21)7-9-24(33)37-4/h7,16-17,19,21-23,25-29,34-36H,6,8-15H2,1-5H3/b20-7+/t17-,19-,21+,22-,23+,25-,26+,27+,28+,29-,30-,31+,32-/m0/s1. The molecule has 0 radical (unpaired) electrons. The molecule has 4 aliphatic carbocycles. The molecular formula is C32H48O9. The molecule has 0 aromatic carbocycles. The first-order valence-corrected chi connectivity index (χ1v) is 15.5. The highest BCUT2D eigenvalue weighted by molar-refractivity contribution is 5.71. The van der Waals surface area contributed by atoms with E-state index < -0.39 is 37.0 Å². The number of esters is 1. The van der Waals surface area contributed by atoms with E-state index in [0.717, 1.165) is 56.9 Å². The number of ether oxygens (including phenoxy) is 5. The smallest absolute Gasteiger partial charge is 0.309 e. The Balaban J connectivity index is 1.23. The Morgan fingerprint density at radius 3 is 2.54 bits per heavy atom. The Kier molecular flexibility index (Phi) is 7.75. The van der Waals surface area contributed by atoms with Crippen LogP contribution in [0.25, 0.3) is 0 Å². The highest BCUT2D eigenvalue weighted by atomic mass is 16.7. The third kappa shape index (κ3) is 4.40. The molecule has 2 bridgehead atoms. The van der Waals surface area contributed by atoms with Crippen LogP contribution in [0.5, 0.6) is 0 Å². The van der Waals surface area contributed by atoms with Crippen LogP contribution in [0.1, 0.15) is 78.6 Å². The fourth-order valence-corrected chi connectivity index (χ4v) is 9.99. The van der Waals surface area contributed by atoms with Gasteiger partial charge in [-0.3, -0.25) is 4.79 Å². The molecular weight excluding hydrogens is 528 g/mol. The Bertz CT molecular complexity index is 1090. The molecule has 6 rings (SSSR count). The van der Waals surface area contributed by atoms with E-state index in [0.29, 0.717) is 17.8 Å². The number of allylic oxidation sites excluding steroid dienone is 1. The maximum absolute atomic E-state index is 12.0. The zero-order valence-corrected chi connectivity index (χ0v) is 25.1. The van der Waals surface area contributed by atoms with Crippen LogP contribution in [0, 0.1) is 28.6 Å². The summed E-state index contributed by atoms with van der Waals surface area (Å²) in [5.41, 5.74) is 2.31. The molecule has 2 aliphatic heterocycles. The normalized spacial score (nSPS) is 51.8. The first-order valence-electron chi connectivity index (χ1n) is 15.5. The molecule has 2 saturated heterocycles. The van der Waals surface area contributed by atoms with Crippen molar-refractivity contribution in [2.24, 2.45) is 28.6 Å². The van der Waals surface area contributed by atoms with Gasteiger partial charge in [0.25, 0.3) is 0 Å². The molecule has 9 nitrogen and oxygen atoms in total. The van der Waals surface area contributed by atoms with Crippen molar-refractivity contribution in [2.45, 2.75) is 127 Å². The number of aliphatic hydroxyl groups is 3. The van der Waals surface area contributed by atoms with Crippen LogP contribution in [-0.4, -0.2) is 84.2 Å². The number of fused-ring (bicyclic) bond motifs is 3. The molecule has 230 valence electrons. The maximum atomic E-state index is 12.0. The second-order valence-corrected chi connectivity index (χ2v) is 13.9. The largest absolute Gasteiger partial charge is 0.469 e. The molecule has 0 unspecified atom stereocenters. The second kappa shape index (κ2) is 10.7. The minimum atomic E-state index is -1.30. The number of rotatable bonds is 5. The SMILES string of the molecule is COC(=O)C/C=C1/[C@H](OC)O[C@]23CC[C@H]1[C@@]2(C)CC[C@H]1[C@H]3CCC2=C[C@@H](O[C@@H]3O[C@@H](C)[C@H](O)[C@@H](O)[C@H]3O)CC[C@@]21C. The van der Waals surface area contributed by atoms with Crippen molar-refractivity contribution >= 4 is 5.97 Å². The lowest BCUT2D eigenvalue weighted by molar-refractivity contribution is -0.302. The number of aliphatic hydroxyl groups excluding tert-OH is 3. The van der Waals surface area contributed by atoms with E-state index in [1.807, 2.05) is 6.08 Å². The van der Waals surface area contributed by atoms with Crippen molar-refractivity contribution in [3.05, 3.63) is 23.3 Å². The molecule has 0 spiro atoms. The Labute approximate surface area is 243 Å². The van der Waals surface area contributed by atoms with E-state index >= 15 is 0 Å². The van der Waals surface area contributed by atoms with Crippen LogP contribution in [0.2, 0.25) is 0 Å². The molecule has 13 atom stereocenters. The lowest BCUT2D eigenvalue weighted by Gasteiger charge is -2.65. The molecule has 2 heterocycles. The van der Waals surface area contributed by atoms with Gasteiger partial charge in [0.15, 0.2) is 12.6 Å². The summed E-state index contributed by atoms with van der Waals surface area (Å²) in [4.78, 5) is 12.0. The van der Waals surface area contributed by atoms with Gasteiger partial charge in [-0.1, -0.05) is 31.6 Å². The van der Waals surface area contributed by atoms with Crippen LogP contribution in [-0.2, 0) is 28.5 Å². The summed E-state index contributed by atoms with van der Waals surface area (Å²) in [6.45, 7) is 6.51. The predicted octanol–water partition coefficient (Wildman–Crippen LogP) is 3.39. The van der Waals surface area contributed by atoms with Gasteiger partial charge in [0, 0.05) is 12.5 Å². The Morgan fingerprint density at radius 2 is 1.80 bits per heavy atom. The monoisotopic (exact) mass is 576 g/mol. The van der Waals surface area contributed by atoms with Gasteiger partial charge in [0.1, 0.15) is 18.3 Å². The van der Waals surface area contributed by atoms with E-state index in [2.05, 4.69) is 19.9 Å². The molecule has 41 heavy (non-hydrogen) atoms. The van der Waals surface area contributed by atoms with E-state index in [4.69, 9.17) is 23.7 Å². The summed E-state index contributed by atoms with van der Waals surface area (Å²) in [6.07, 6.45) is 6.56. The van der Waals surface area contributed by atoms with Gasteiger partial charge in [-0.15, -0.1) is 0 Å². The van der Waals surface area contributed by atoms with E-state index in [9.17, 15) is 20.1 Å². The van der Waals surface area contributed by atoms with Gasteiger partial charge in [-0.25, -0.2) is 0 Å². The van der Waals surface area contributed by atoms with Crippen molar-refractivity contribution in [2.75, 3.05) is 14.2 Å². The number of hydrogen-bond donors (Lipinski definition) is 3. The maximum Gasteiger partial charge on any atom is 0.309 e. The Hall–Kier alpha value is -1.33. The number of carbonyl (C=O) groups excluding carboxylic acids is 1. The fraction of sp³-hybridized carbons (Fsp3) is 0.844. The van der Waals surface area contributed by atoms with E-state index in [1.165, 1.54) is 12.7 Å². The number of methoxy groups -OCH3 is 2. The summed E-state index contributed by atoms with van der Waals surface area (Å²) in [6, 6.07) is 0. The fourth-order valence-electron chi connectivity index (χ4n) is 9.99. The van der Waals surface area contributed by atoms with Crippen LogP contribution in [0.3, 0.4) is 0 Å². The van der Waals surface area contributed by atoms with Crippen LogP contribution in [0.15, 0.2) is 23.3 Å². The lowest BCUT2D eigenvalue weighted by atomic mass is 9.44. The molecule has 3 saturated carbocycles. The summed E-state index contributed by atoms with van der Waals surface area (Å²) < 4.78 is 29.8. The quantitative estimate of drug-likeness (QED) is 0.334. The molecule has 9 heteroatoms. The van der Waals surface area contributed by atoms with E-state index in [-0.39, 0.29) is 34.9 Å². The van der Waals surface area contributed by atoms with Gasteiger partial charge >= 0.3 is 5.97 Å². The molecule has 0 amide bonds. The highest BCUT2D eigenvalue weighted by Crippen LogP contribution is 2.72. The van der Waals surface area contributed by atoms with Crippen molar-refractivity contribution in [1.82, 2.24) is 0 Å². The summed E-state index contributed by atoms with van der Waals surface area (Å²) in [5, 5.41) is 30.8. The number of carbonyl (C=O) groups is 1. The zero-order valence-electron chi connectivity index (χ0n) is 25.1. The van der Waals surface area contributed by atoms with Crippen LogP contribution >= 0.6 is 0 Å². The summed E-state index contributed by atoms with van der Waals surface area (Å²) in [7, 11) is 3.12. The van der Waals surface area contributed by atoms with Crippen molar-refractivity contribution in [3.63, 3.8) is 0 Å². The van der Waals surface area contributed by atoms with Gasteiger partial charge < -0.3 is 39.0 Å². The van der Waals surface area contributed by atoms with Crippen LogP contribution in [0.4, 0.5) is 0 Å². The topological polar surface area (TPSA) is 124 Å². The van der Waals surface area contributed by atoms with Gasteiger partial charge in [0.2, 0.25) is 0 Å². The van der Waals surface area contributed by atoms with Crippen molar-refractivity contribution in [3.8, 4) is 0 Å². The van der Waals surface area contributed by atoms with Gasteiger partial charge in [-0.05, 0) is 87.0 Å². The molecule has 0 aromatic rings.